The van der Waals surface area contributed by atoms with Crippen molar-refractivity contribution in [3.05, 3.63) is 76.6 Å². The molecule has 8 heteroatoms. The molecule has 1 saturated heterocycles. The van der Waals surface area contributed by atoms with Crippen LogP contribution < -0.4 is 4.74 Å². The van der Waals surface area contributed by atoms with Crippen LogP contribution in [0.1, 0.15) is 40.2 Å². The number of aryl methyl sites for hydroxylation is 1. The number of aromatic nitrogens is 2. The number of ether oxygens (including phenoxy) is 1. The van der Waals surface area contributed by atoms with E-state index in [1.165, 1.54) is 10.7 Å². The number of halogens is 2. The van der Waals surface area contributed by atoms with E-state index >= 15 is 0 Å². The Morgan fingerprint density at radius 2 is 1.91 bits per heavy atom. The Hall–Kier alpha value is -3.73. The standard InChI is InChI=1S/C24H22F2N4O2/c1-15-23(16(2)30(28-15)22-7-6-18(25)13-21(22)26)24(31)29-10-8-19(9-11-29)32-20-5-3-4-17(12-20)14-27/h3-7,12-13,19H,8-11H2,1-2H3. The van der Waals surface area contributed by atoms with Gasteiger partial charge in [0.1, 0.15) is 23.4 Å². The van der Waals surface area contributed by atoms with Crippen LogP contribution in [0.5, 0.6) is 5.75 Å². The maximum Gasteiger partial charge on any atom is 0.257 e. The van der Waals surface area contributed by atoms with Crippen LogP contribution >= 0.6 is 0 Å². The van der Waals surface area contributed by atoms with Crippen molar-refractivity contribution >= 4 is 5.91 Å². The van der Waals surface area contributed by atoms with Gasteiger partial charge < -0.3 is 9.64 Å². The van der Waals surface area contributed by atoms with E-state index in [0.717, 1.165) is 12.1 Å². The first kappa shape index (κ1) is 21.5. The molecular weight excluding hydrogens is 414 g/mol. The minimum absolute atomic E-state index is 0.0498. The fourth-order valence-electron chi connectivity index (χ4n) is 4.01. The smallest absolute Gasteiger partial charge is 0.257 e. The normalized spacial score (nSPS) is 14.3. The first-order valence-corrected chi connectivity index (χ1v) is 10.3. The zero-order chi connectivity index (χ0) is 22.8. The summed E-state index contributed by atoms with van der Waals surface area (Å²) in [5.41, 5.74) is 2.05. The number of carbonyl (C=O) groups excluding carboxylic acids is 1. The van der Waals surface area contributed by atoms with Crippen molar-refractivity contribution in [2.24, 2.45) is 0 Å². The molecule has 0 radical (unpaired) electrons. The number of rotatable bonds is 4. The van der Waals surface area contributed by atoms with Crippen LogP contribution in [0.15, 0.2) is 42.5 Å². The second kappa shape index (κ2) is 8.79. The van der Waals surface area contributed by atoms with E-state index < -0.39 is 11.6 Å². The molecule has 0 atom stereocenters. The van der Waals surface area contributed by atoms with Gasteiger partial charge in [-0.1, -0.05) is 6.07 Å². The molecule has 1 amide bonds. The van der Waals surface area contributed by atoms with Gasteiger partial charge in [0.05, 0.1) is 28.6 Å². The Morgan fingerprint density at radius 3 is 2.59 bits per heavy atom. The largest absolute Gasteiger partial charge is 0.490 e. The third kappa shape index (κ3) is 4.19. The van der Waals surface area contributed by atoms with E-state index in [2.05, 4.69) is 11.2 Å². The van der Waals surface area contributed by atoms with Crippen LogP contribution in [0.25, 0.3) is 5.69 Å². The number of hydrogen-bond donors (Lipinski definition) is 0. The SMILES string of the molecule is Cc1nn(-c2ccc(F)cc2F)c(C)c1C(=O)N1CCC(Oc2cccc(C#N)c2)CC1. The highest BCUT2D eigenvalue weighted by molar-refractivity contribution is 5.96. The lowest BCUT2D eigenvalue weighted by Crippen LogP contribution is -2.42. The number of nitriles is 1. The van der Waals surface area contributed by atoms with E-state index in [1.54, 1.807) is 36.9 Å². The highest BCUT2D eigenvalue weighted by atomic mass is 19.1. The fourth-order valence-corrected chi connectivity index (χ4v) is 4.01. The van der Waals surface area contributed by atoms with Crippen molar-refractivity contribution in [1.82, 2.24) is 14.7 Å². The molecule has 1 aliphatic rings. The number of benzene rings is 2. The predicted octanol–water partition coefficient (Wildman–Crippen LogP) is 4.32. The fraction of sp³-hybridized carbons (Fsp3) is 0.292. The Morgan fingerprint density at radius 1 is 1.16 bits per heavy atom. The molecule has 0 saturated carbocycles. The molecule has 1 aromatic heterocycles. The molecule has 4 rings (SSSR count). The molecule has 0 N–H and O–H groups in total. The van der Waals surface area contributed by atoms with Gasteiger partial charge in [-0.3, -0.25) is 4.79 Å². The Kier molecular flexibility index (Phi) is 5.91. The number of carbonyl (C=O) groups is 1. The Balaban J connectivity index is 1.46. The summed E-state index contributed by atoms with van der Waals surface area (Å²) in [5.74, 6) is -0.941. The topological polar surface area (TPSA) is 71.2 Å². The van der Waals surface area contributed by atoms with Crippen molar-refractivity contribution in [3.63, 3.8) is 0 Å². The summed E-state index contributed by atoms with van der Waals surface area (Å²) in [6, 6.07) is 12.4. The molecule has 3 aromatic rings. The van der Waals surface area contributed by atoms with Gasteiger partial charge >= 0.3 is 0 Å². The summed E-state index contributed by atoms with van der Waals surface area (Å²) in [6.07, 6.45) is 1.26. The molecule has 6 nitrogen and oxygen atoms in total. The predicted molar refractivity (Wildman–Crippen MR) is 114 cm³/mol. The molecule has 0 bridgehead atoms. The van der Waals surface area contributed by atoms with Crippen LogP contribution in [-0.4, -0.2) is 39.8 Å². The van der Waals surface area contributed by atoms with E-state index in [0.29, 0.717) is 54.2 Å². The quantitative estimate of drug-likeness (QED) is 0.611. The molecule has 32 heavy (non-hydrogen) atoms. The zero-order valence-electron chi connectivity index (χ0n) is 17.8. The maximum absolute atomic E-state index is 14.3. The number of piperidine rings is 1. The van der Waals surface area contributed by atoms with Gasteiger partial charge in [0, 0.05) is 32.0 Å². The molecule has 0 aliphatic carbocycles. The van der Waals surface area contributed by atoms with Gasteiger partial charge in [0.25, 0.3) is 5.91 Å². The highest BCUT2D eigenvalue weighted by Gasteiger charge is 2.29. The van der Waals surface area contributed by atoms with Crippen molar-refractivity contribution in [2.45, 2.75) is 32.8 Å². The van der Waals surface area contributed by atoms with Gasteiger partial charge in [-0.15, -0.1) is 0 Å². The van der Waals surface area contributed by atoms with E-state index in [4.69, 9.17) is 10.00 Å². The Bertz CT molecular complexity index is 1210. The zero-order valence-corrected chi connectivity index (χ0v) is 17.8. The van der Waals surface area contributed by atoms with E-state index in [1.807, 2.05) is 6.07 Å². The molecule has 1 fully saturated rings. The lowest BCUT2D eigenvalue weighted by molar-refractivity contribution is 0.0594. The molecule has 1 aliphatic heterocycles. The molecule has 0 spiro atoms. The summed E-state index contributed by atoms with van der Waals surface area (Å²) < 4.78 is 34.9. The number of hydrogen-bond acceptors (Lipinski definition) is 4. The van der Waals surface area contributed by atoms with Crippen molar-refractivity contribution in [2.75, 3.05) is 13.1 Å². The molecule has 164 valence electrons. The lowest BCUT2D eigenvalue weighted by atomic mass is 10.1. The third-order valence-corrected chi connectivity index (χ3v) is 5.64. The summed E-state index contributed by atoms with van der Waals surface area (Å²) in [5, 5.41) is 13.4. The van der Waals surface area contributed by atoms with Crippen LogP contribution in [0.2, 0.25) is 0 Å². The maximum atomic E-state index is 14.3. The minimum Gasteiger partial charge on any atom is -0.490 e. The summed E-state index contributed by atoms with van der Waals surface area (Å²) in [6.45, 7) is 4.43. The minimum atomic E-state index is -0.743. The van der Waals surface area contributed by atoms with Crippen LogP contribution in [-0.2, 0) is 0 Å². The highest BCUT2D eigenvalue weighted by Crippen LogP contribution is 2.25. The summed E-state index contributed by atoms with van der Waals surface area (Å²) >= 11 is 0. The molecule has 2 aromatic carbocycles. The molecule has 0 unspecified atom stereocenters. The second-order valence-electron chi connectivity index (χ2n) is 7.80. The van der Waals surface area contributed by atoms with Crippen LogP contribution in [0.3, 0.4) is 0 Å². The van der Waals surface area contributed by atoms with Gasteiger partial charge in [-0.05, 0) is 44.2 Å². The monoisotopic (exact) mass is 436 g/mol. The number of likely N-dealkylation sites (tertiary alicyclic amines) is 1. The van der Waals surface area contributed by atoms with E-state index in [-0.39, 0.29) is 17.7 Å². The lowest BCUT2D eigenvalue weighted by Gasteiger charge is -2.32. The molecular formula is C24H22F2N4O2. The Labute approximate surface area is 184 Å². The summed E-state index contributed by atoms with van der Waals surface area (Å²) in [4.78, 5) is 15.0. The number of amides is 1. The summed E-state index contributed by atoms with van der Waals surface area (Å²) in [7, 11) is 0. The van der Waals surface area contributed by atoms with Gasteiger partial charge in [0.15, 0.2) is 5.82 Å². The van der Waals surface area contributed by atoms with E-state index in [9.17, 15) is 13.6 Å². The second-order valence-corrected chi connectivity index (χ2v) is 7.80. The van der Waals surface area contributed by atoms with Gasteiger partial charge in [-0.25, -0.2) is 13.5 Å². The first-order chi connectivity index (χ1) is 15.4. The van der Waals surface area contributed by atoms with Crippen molar-refractivity contribution in [3.8, 4) is 17.5 Å². The molecule has 2 heterocycles. The number of nitrogens with zero attached hydrogens (tertiary/aromatic N) is 4. The third-order valence-electron chi connectivity index (χ3n) is 5.64. The van der Waals surface area contributed by atoms with Crippen LogP contribution in [0, 0.1) is 36.8 Å². The van der Waals surface area contributed by atoms with Gasteiger partial charge in [-0.2, -0.15) is 10.4 Å². The van der Waals surface area contributed by atoms with Crippen molar-refractivity contribution < 1.29 is 18.3 Å². The average Bonchev–Trinajstić information content (AvgIpc) is 3.07. The first-order valence-electron chi connectivity index (χ1n) is 10.3. The van der Waals surface area contributed by atoms with Crippen molar-refractivity contribution in [1.29, 1.82) is 5.26 Å². The van der Waals surface area contributed by atoms with Gasteiger partial charge in [0.2, 0.25) is 0 Å². The van der Waals surface area contributed by atoms with Crippen LogP contribution in [0.4, 0.5) is 8.78 Å². The average molecular weight is 436 g/mol.